The number of hydrogen-bond acceptors (Lipinski definition) is 6. The number of ether oxygens (including phenoxy) is 2. The van der Waals surface area contributed by atoms with Gasteiger partial charge in [0.15, 0.2) is 16.9 Å². The average molecular weight is 395 g/mol. The highest BCUT2D eigenvalue weighted by Gasteiger charge is 2.46. The van der Waals surface area contributed by atoms with Crippen molar-refractivity contribution in [3.05, 3.63) is 46.2 Å². The molecular weight excluding hydrogens is 370 g/mol. The fourth-order valence-corrected chi connectivity index (χ4v) is 3.29. The minimum absolute atomic E-state index is 0.0361. The van der Waals surface area contributed by atoms with Crippen LogP contribution in [0.3, 0.4) is 0 Å². The van der Waals surface area contributed by atoms with E-state index in [0.717, 1.165) is 17.9 Å². The van der Waals surface area contributed by atoms with E-state index in [-0.39, 0.29) is 6.42 Å². The molecule has 148 valence electrons. The van der Waals surface area contributed by atoms with Crippen molar-refractivity contribution < 1.29 is 29.3 Å². The van der Waals surface area contributed by atoms with Gasteiger partial charge in [-0.1, -0.05) is 13.0 Å². The quantitative estimate of drug-likeness (QED) is 0.588. The molecule has 7 nitrogen and oxygen atoms in total. The van der Waals surface area contributed by atoms with Crippen LogP contribution in [-0.4, -0.2) is 42.9 Å². The molecule has 2 aromatic rings. The summed E-state index contributed by atoms with van der Waals surface area (Å²) in [4.78, 5) is 22.0. The second-order valence-electron chi connectivity index (χ2n) is 5.61. The van der Waals surface area contributed by atoms with Gasteiger partial charge in [-0.05, 0) is 59.5 Å². The number of benzene rings is 1. The minimum Gasteiger partial charge on any atom is -0.493 e. The summed E-state index contributed by atoms with van der Waals surface area (Å²) in [7, 11) is 3.25. The van der Waals surface area contributed by atoms with Crippen molar-refractivity contribution in [1.29, 1.82) is 0 Å². The summed E-state index contributed by atoms with van der Waals surface area (Å²) in [5.74, 6) is -1.12. The van der Waals surface area contributed by atoms with Crippen LogP contribution in [0.25, 0.3) is 0 Å². The van der Waals surface area contributed by atoms with E-state index in [9.17, 15) is 9.59 Å². The van der Waals surface area contributed by atoms with Gasteiger partial charge in [-0.3, -0.25) is 9.59 Å². The lowest BCUT2D eigenvalue weighted by molar-refractivity contribution is -0.157. The first-order valence-corrected chi connectivity index (χ1v) is 9.22. The van der Waals surface area contributed by atoms with Crippen molar-refractivity contribution >= 4 is 23.3 Å². The first-order chi connectivity index (χ1) is 12.9. The number of methoxy groups -OCH3 is 2. The maximum Gasteiger partial charge on any atom is 0.325 e. The fourth-order valence-electron chi connectivity index (χ4n) is 2.56. The van der Waals surface area contributed by atoms with Gasteiger partial charge in [0, 0.05) is 0 Å². The van der Waals surface area contributed by atoms with Gasteiger partial charge in [-0.2, -0.15) is 11.3 Å². The van der Waals surface area contributed by atoms with Crippen molar-refractivity contribution in [3.63, 3.8) is 0 Å². The number of aliphatic carboxylic acids is 2. The van der Waals surface area contributed by atoms with Crippen molar-refractivity contribution in [3.8, 4) is 11.5 Å². The first kappa shape index (κ1) is 22.5. The lowest BCUT2D eigenvalue weighted by atomic mass is 9.80. The number of nitrogens with two attached hydrogens (primary N) is 1. The number of carbonyl (C=O) groups is 2. The molecule has 0 saturated carbocycles. The SMILES string of the molecule is CCC(C(=O)O)(C(=O)O)c1ccsc1.COc1ccc(CCN)cc1OC. The number of carboxylic acids is 2. The third-order valence-corrected chi connectivity index (χ3v) is 4.84. The lowest BCUT2D eigenvalue weighted by Gasteiger charge is -2.21. The van der Waals surface area contributed by atoms with Crippen LogP contribution in [-0.2, 0) is 21.4 Å². The molecule has 0 aliphatic carbocycles. The summed E-state index contributed by atoms with van der Waals surface area (Å²) in [5.41, 5.74) is 5.16. The van der Waals surface area contributed by atoms with Gasteiger partial charge >= 0.3 is 11.9 Å². The zero-order valence-corrected chi connectivity index (χ0v) is 16.4. The predicted octanol–water partition coefficient (Wildman–Crippen LogP) is 2.77. The lowest BCUT2D eigenvalue weighted by Crippen LogP contribution is -2.42. The molecule has 0 amide bonds. The van der Waals surface area contributed by atoms with Gasteiger partial charge < -0.3 is 25.4 Å². The maximum absolute atomic E-state index is 11.0. The molecule has 2 rings (SSSR count). The standard InChI is InChI=1S/C10H15NO2.C9H10O4S/c1-12-9-4-3-8(5-6-11)7-10(9)13-2;1-2-9(7(10)11,8(12)13)6-3-4-14-5-6/h3-4,7H,5-6,11H2,1-2H3;3-5H,2H2,1H3,(H,10,11)(H,12,13). The van der Waals surface area contributed by atoms with E-state index in [1.165, 1.54) is 23.0 Å². The predicted molar refractivity (Wildman–Crippen MR) is 104 cm³/mol. The number of rotatable bonds is 8. The molecule has 1 aromatic heterocycles. The van der Waals surface area contributed by atoms with E-state index >= 15 is 0 Å². The second-order valence-corrected chi connectivity index (χ2v) is 6.39. The van der Waals surface area contributed by atoms with Gasteiger partial charge in [0.05, 0.1) is 14.2 Å². The summed E-state index contributed by atoms with van der Waals surface area (Å²) in [6, 6.07) is 7.38. The Balaban J connectivity index is 0.000000271. The van der Waals surface area contributed by atoms with E-state index in [2.05, 4.69) is 0 Å². The molecule has 4 N–H and O–H groups in total. The molecule has 0 unspecified atom stereocenters. The molecule has 27 heavy (non-hydrogen) atoms. The molecule has 0 fully saturated rings. The zero-order valence-electron chi connectivity index (χ0n) is 15.6. The van der Waals surface area contributed by atoms with Gasteiger partial charge in [0.2, 0.25) is 0 Å². The normalized spacial score (nSPS) is 10.5. The molecule has 0 saturated heterocycles. The first-order valence-electron chi connectivity index (χ1n) is 8.27. The second kappa shape index (κ2) is 10.5. The molecular formula is C19H25NO6S. The molecule has 1 aromatic carbocycles. The van der Waals surface area contributed by atoms with E-state index in [4.69, 9.17) is 25.4 Å². The van der Waals surface area contributed by atoms with Crippen LogP contribution in [0.4, 0.5) is 0 Å². The Morgan fingerprint density at radius 3 is 2.15 bits per heavy atom. The minimum atomic E-state index is -1.79. The molecule has 0 aliphatic heterocycles. The van der Waals surface area contributed by atoms with E-state index < -0.39 is 17.4 Å². The van der Waals surface area contributed by atoms with E-state index in [1.54, 1.807) is 31.9 Å². The molecule has 1 heterocycles. The molecule has 8 heteroatoms. The van der Waals surface area contributed by atoms with Crippen molar-refractivity contribution in [1.82, 2.24) is 0 Å². The molecule has 0 spiro atoms. The monoisotopic (exact) mass is 395 g/mol. The highest BCUT2D eigenvalue weighted by Crippen LogP contribution is 2.30. The van der Waals surface area contributed by atoms with Gasteiger partial charge in [0.25, 0.3) is 0 Å². The molecule has 0 bridgehead atoms. The summed E-state index contributed by atoms with van der Waals surface area (Å²) in [5, 5.41) is 21.2. The van der Waals surface area contributed by atoms with Crippen LogP contribution in [0.2, 0.25) is 0 Å². The van der Waals surface area contributed by atoms with Crippen molar-refractivity contribution in [2.24, 2.45) is 5.73 Å². The van der Waals surface area contributed by atoms with Gasteiger partial charge in [-0.15, -0.1) is 0 Å². The Bertz CT molecular complexity index is 731. The Morgan fingerprint density at radius 1 is 1.11 bits per heavy atom. The highest BCUT2D eigenvalue weighted by atomic mass is 32.1. The van der Waals surface area contributed by atoms with Crippen LogP contribution in [0.5, 0.6) is 11.5 Å². The smallest absolute Gasteiger partial charge is 0.325 e. The van der Waals surface area contributed by atoms with Crippen molar-refractivity contribution in [2.45, 2.75) is 25.2 Å². The van der Waals surface area contributed by atoms with Crippen LogP contribution >= 0.6 is 11.3 Å². The number of carboxylic acid groups (broad SMARTS) is 2. The molecule has 0 atom stereocenters. The van der Waals surface area contributed by atoms with Crippen LogP contribution in [0, 0.1) is 0 Å². The van der Waals surface area contributed by atoms with Gasteiger partial charge in [0.1, 0.15) is 0 Å². The Morgan fingerprint density at radius 2 is 1.74 bits per heavy atom. The zero-order chi connectivity index (χ0) is 20.4. The van der Waals surface area contributed by atoms with Crippen LogP contribution in [0.1, 0.15) is 24.5 Å². The average Bonchev–Trinajstić information content (AvgIpc) is 3.17. The van der Waals surface area contributed by atoms with E-state index in [0.29, 0.717) is 12.1 Å². The van der Waals surface area contributed by atoms with Crippen LogP contribution < -0.4 is 15.2 Å². The summed E-state index contributed by atoms with van der Waals surface area (Å²) in [6.07, 6.45) is 0.898. The highest BCUT2D eigenvalue weighted by molar-refractivity contribution is 7.08. The summed E-state index contributed by atoms with van der Waals surface area (Å²) in [6.45, 7) is 2.20. The summed E-state index contributed by atoms with van der Waals surface area (Å²) >= 11 is 1.29. The van der Waals surface area contributed by atoms with Gasteiger partial charge in [-0.25, -0.2) is 0 Å². The fraction of sp³-hybridized carbons (Fsp3) is 0.368. The Kier molecular flexibility index (Phi) is 8.77. The van der Waals surface area contributed by atoms with Crippen LogP contribution in [0.15, 0.2) is 35.0 Å². The Labute approximate surface area is 162 Å². The Hall–Kier alpha value is -2.58. The largest absolute Gasteiger partial charge is 0.493 e. The number of hydrogen-bond donors (Lipinski definition) is 3. The third kappa shape index (κ3) is 5.21. The summed E-state index contributed by atoms with van der Waals surface area (Å²) < 4.78 is 10.3. The topological polar surface area (TPSA) is 119 Å². The maximum atomic E-state index is 11.0. The third-order valence-electron chi connectivity index (χ3n) is 4.16. The van der Waals surface area contributed by atoms with Crippen molar-refractivity contribution in [2.75, 3.05) is 20.8 Å². The molecule has 0 aliphatic rings. The van der Waals surface area contributed by atoms with E-state index in [1.807, 2.05) is 18.2 Å². The molecule has 0 radical (unpaired) electrons. The number of thiophene rings is 1.